The number of ether oxygens (including phenoxy) is 1. The predicted molar refractivity (Wildman–Crippen MR) is 169 cm³/mol. The molecule has 8 heteroatoms. The van der Waals surface area contributed by atoms with Crippen LogP contribution in [0.3, 0.4) is 0 Å². The Morgan fingerprint density at radius 3 is 2.20 bits per heavy atom. The second kappa shape index (κ2) is 15.0. The van der Waals surface area contributed by atoms with Crippen molar-refractivity contribution in [1.29, 1.82) is 0 Å². The summed E-state index contributed by atoms with van der Waals surface area (Å²) in [6.45, 7) is 3.14. The SMILES string of the molecule is COc1ccc(C[C@](C)(N=C(c2ccccc2)c2ccccc2[N-]C(=O)C2CCCN2Cc2ccccc2)C(=O)O)cc1.[Ni+2]. The first kappa shape index (κ1) is 32.7. The molecule has 0 aliphatic carbocycles. The maximum atomic E-state index is 13.7. The van der Waals surface area contributed by atoms with Crippen LogP contribution in [0.1, 0.15) is 42.0 Å². The van der Waals surface area contributed by atoms with E-state index < -0.39 is 11.5 Å². The largest absolute Gasteiger partial charge is 2.00 e. The Hall–Kier alpha value is -4.26. The average Bonchev–Trinajstić information content (AvgIpc) is 3.50. The molecule has 1 unspecified atom stereocenters. The molecule has 1 aliphatic rings. The molecular formula is C36H36N3NiO4+. The van der Waals surface area contributed by atoms with Gasteiger partial charge in [0.25, 0.3) is 0 Å². The van der Waals surface area contributed by atoms with Crippen molar-refractivity contribution in [3.63, 3.8) is 0 Å². The summed E-state index contributed by atoms with van der Waals surface area (Å²) in [5.41, 5.74) is 2.77. The molecule has 228 valence electrons. The fourth-order valence-corrected chi connectivity index (χ4v) is 5.50. The maximum absolute atomic E-state index is 13.7. The average molecular weight is 633 g/mol. The Bertz CT molecular complexity index is 1580. The van der Waals surface area contributed by atoms with Gasteiger partial charge in [-0.25, -0.2) is 4.79 Å². The second-order valence-electron chi connectivity index (χ2n) is 11.0. The van der Waals surface area contributed by atoms with E-state index in [1.54, 1.807) is 20.1 Å². The summed E-state index contributed by atoms with van der Waals surface area (Å²) in [7, 11) is 1.59. The minimum atomic E-state index is -1.49. The number of aliphatic carboxylic acids is 1. The first-order chi connectivity index (χ1) is 20.9. The number of benzene rings is 4. The van der Waals surface area contributed by atoms with Gasteiger partial charge in [-0.2, -0.15) is 0 Å². The summed E-state index contributed by atoms with van der Waals surface area (Å²) in [6, 6.07) is 33.9. The Kier molecular flexibility index (Phi) is 11.1. The summed E-state index contributed by atoms with van der Waals surface area (Å²) in [4.78, 5) is 33.5. The molecule has 4 aromatic rings. The number of para-hydroxylation sites is 1. The normalized spacial score (nSPS) is 16.4. The van der Waals surface area contributed by atoms with Gasteiger partial charge in [0, 0.05) is 18.5 Å². The summed E-state index contributed by atoms with van der Waals surface area (Å²) in [5, 5.41) is 15.1. The summed E-state index contributed by atoms with van der Waals surface area (Å²) in [5.74, 6) is -0.559. The standard InChI is InChI=1S/C36H37N3O4.Ni/c1-36(35(41)42,24-26-19-21-29(43-2)22-20-26)38-33(28-14-7-4-8-15-28)30-16-9-10-17-31(30)37-34(40)32-18-11-23-39(32)25-27-12-5-3-6-13-27;/h3-10,12-17,19-22,32H,11,18,23-25H2,1-2H3,(H2,37,38,40,41,42);/q;+2/p-1/t32?,36-;/m0./s1. The minimum absolute atomic E-state index is 0. The first-order valence-electron chi connectivity index (χ1n) is 14.5. The van der Waals surface area contributed by atoms with E-state index in [-0.39, 0.29) is 34.9 Å². The van der Waals surface area contributed by atoms with Crippen LogP contribution in [0.2, 0.25) is 0 Å². The molecule has 0 aromatic heterocycles. The molecule has 1 aliphatic heterocycles. The molecule has 0 saturated carbocycles. The van der Waals surface area contributed by atoms with Gasteiger partial charge in [-0.3, -0.25) is 9.89 Å². The first-order valence-corrected chi connectivity index (χ1v) is 14.5. The molecule has 1 heterocycles. The number of carbonyl (C=O) groups is 2. The van der Waals surface area contributed by atoms with E-state index in [4.69, 9.17) is 9.73 Å². The van der Waals surface area contributed by atoms with Crippen molar-refractivity contribution in [2.75, 3.05) is 13.7 Å². The molecule has 1 amide bonds. The van der Waals surface area contributed by atoms with Crippen LogP contribution in [0.4, 0.5) is 5.69 Å². The number of rotatable bonds is 11. The maximum Gasteiger partial charge on any atom is 2.00 e. The van der Waals surface area contributed by atoms with E-state index in [1.165, 1.54) is 0 Å². The van der Waals surface area contributed by atoms with Gasteiger partial charge in [0.2, 0.25) is 0 Å². The van der Waals surface area contributed by atoms with Crippen molar-refractivity contribution in [1.82, 2.24) is 4.90 Å². The molecule has 1 N–H and O–H groups in total. The molecule has 0 spiro atoms. The van der Waals surface area contributed by atoms with Crippen molar-refractivity contribution in [3.8, 4) is 5.75 Å². The molecule has 7 nitrogen and oxygen atoms in total. The van der Waals surface area contributed by atoms with Gasteiger partial charge in [0.1, 0.15) is 5.75 Å². The third kappa shape index (κ3) is 7.82. The van der Waals surface area contributed by atoms with Crippen molar-refractivity contribution in [2.45, 2.75) is 44.3 Å². The molecule has 1 saturated heterocycles. The van der Waals surface area contributed by atoms with E-state index in [0.29, 0.717) is 29.3 Å². The van der Waals surface area contributed by atoms with E-state index >= 15 is 0 Å². The molecule has 0 bridgehead atoms. The van der Waals surface area contributed by atoms with Crippen LogP contribution in [0.25, 0.3) is 5.32 Å². The molecule has 4 aromatic carbocycles. The fourth-order valence-electron chi connectivity index (χ4n) is 5.50. The Labute approximate surface area is 268 Å². The zero-order chi connectivity index (χ0) is 30.2. The summed E-state index contributed by atoms with van der Waals surface area (Å²) in [6.07, 6.45) is 1.84. The smallest absolute Gasteiger partial charge is 0.625 e. The number of carboxylic acid groups (broad SMARTS) is 1. The number of amides is 1. The summed E-state index contributed by atoms with van der Waals surface area (Å²) < 4.78 is 5.26. The van der Waals surface area contributed by atoms with Crippen molar-refractivity contribution in [3.05, 3.63) is 137 Å². The van der Waals surface area contributed by atoms with Crippen LogP contribution >= 0.6 is 0 Å². The van der Waals surface area contributed by atoms with Crippen molar-refractivity contribution >= 4 is 23.3 Å². The number of hydrogen-bond donors (Lipinski definition) is 1. The predicted octanol–water partition coefficient (Wildman–Crippen LogP) is 6.81. The Balaban J connectivity index is 0.00000442. The van der Waals surface area contributed by atoms with Gasteiger partial charge in [-0.1, -0.05) is 97.1 Å². The monoisotopic (exact) mass is 632 g/mol. The molecule has 5 rings (SSSR count). The zero-order valence-corrected chi connectivity index (χ0v) is 25.8. The Morgan fingerprint density at radius 1 is 0.909 bits per heavy atom. The van der Waals surface area contributed by atoms with Gasteiger partial charge < -0.3 is 20.0 Å². The van der Waals surface area contributed by atoms with Crippen LogP contribution in [0.5, 0.6) is 5.75 Å². The van der Waals surface area contributed by atoms with Crippen molar-refractivity contribution in [2.24, 2.45) is 4.99 Å². The van der Waals surface area contributed by atoms with E-state index in [2.05, 4.69) is 22.3 Å². The van der Waals surface area contributed by atoms with E-state index in [0.717, 1.165) is 36.1 Å². The molecule has 44 heavy (non-hydrogen) atoms. The molecule has 2 atom stereocenters. The number of carbonyl (C=O) groups excluding carboxylic acids is 1. The van der Waals surface area contributed by atoms with Crippen LogP contribution < -0.4 is 4.74 Å². The fraction of sp³-hybridized carbons (Fsp3) is 0.250. The van der Waals surface area contributed by atoms with Crippen LogP contribution in [0.15, 0.2) is 114 Å². The van der Waals surface area contributed by atoms with Gasteiger partial charge in [0.05, 0.1) is 24.8 Å². The molecule has 1 fully saturated rings. The van der Waals surface area contributed by atoms with Gasteiger partial charge in [0.15, 0.2) is 5.54 Å². The van der Waals surface area contributed by atoms with Gasteiger partial charge in [-0.05, 0) is 55.1 Å². The Morgan fingerprint density at radius 2 is 1.55 bits per heavy atom. The van der Waals surface area contributed by atoms with Gasteiger partial charge >= 0.3 is 22.5 Å². The number of methoxy groups -OCH3 is 1. The van der Waals surface area contributed by atoms with Gasteiger partial charge in [-0.15, -0.1) is 5.69 Å². The van der Waals surface area contributed by atoms with E-state index in [9.17, 15) is 14.7 Å². The number of carboxylic acids is 1. The van der Waals surface area contributed by atoms with Crippen molar-refractivity contribution < 1.29 is 35.9 Å². The third-order valence-electron chi connectivity index (χ3n) is 7.84. The molecular weight excluding hydrogens is 597 g/mol. The number of nitrogens with zero attached hydrogens (tertiary/aromatic N) is 3. The van der Waals surface area contributed by atoms with E-state index in [1.807, 2.05) is 91.0 Å². The zero-order valence-electron chi connectivity index (χ0n) is 24.8. The second-order valence-corrected chi connectivity index (χ2v) is 11.0. The number of aliphatic imine (C=N–C) groups is 1. The minimum Gasteiger partial charge on any atom is -0.625 e. The topological polar surface area (TPSA) is 93.3 Å². The number of likely N-dealkylation sites (tertiary alicyclic amines) is 1. The quantitative estimate of drug-likeness (QED) is 0.145. The summed E-state index contributed by atoms with van der Waals surface area (Å²) >= 11 is 0. The van der Waals surface area contributed by atoms with Crippen LogP contribution in [-0.4, -0.2) is 52.8 Å². The molecule has 0 radical (unpaired) electrons. The third-order valence-corrected chi connectivity index (χ3v) is 7.84. The number of hydrogen-bond acceptors (Lipinski definition) is 5. The van der Waals surface area contributed by atoms with Crippen LogP contribution in [-0.2, 0) is 39.0 Å². The van der Waals surface area contributed by atoms with Crippen LogP contribution in [0, 0.1) is 0 Å².